The number of carbonyl (C=O) groups is 1. The van der Waals surface area contributed by atoms with Crippen molar-refractivity contribution in [3.05, 3.63) is 39.4 Å². The third kappa shape index (κ3) is 4.44. The van der Waals surface area contributed by atoms with Crippen LogP contribution in [0, 0.1) is 6.92 Å². The van der Waals surface area contributed by atoms with Gasteiger partial charge in [0.25, 0.3) is 0 Å². The van der Waals surface area contributed by atoms with E-state index in [-0.39, 0.29) is 5.97 Å². The molecule has 5 heteroatoms. The highest BCUT2D eigenvalue weighted by molar-refractivity contribution is 6.35. The second-order valence-electron chi connectivity index (χ2n) is 4.04. The van der Waals surface area contributed by atoms with Crippen molar-refractivity contribution in [2.45, 2.75) is 20.3 Å². The molecule has 1 N–H and O–H groups in total. The van der Waals surface area contributed by atoms with Crippen LogP contribution in [0.2, 0.25) is 10.0 Å². The normalized spacial score (nSPS) is 11.3. The summed E-state index contributed by atoms with van der Waals surface area (Å²) in [5.74, 6) is -0.308. The fourth-order valence-corrected chi connectivity index (χ4v) is 2.02. The Balaban J connectivity index is 2.74. The molecule has 1 aromatic carbocycles. The number of hydrogen-bond acceptors (Lipinski definition) is 3. The van der Waals surface area contributed by atoms with E-state index in [1.54, 1.807) is 18.2 Å². The topological polar surface area (TPSA) is 38.3 Å². The maximum atomic E-state index is 11.4. The van der Waals surface area contributed by atoms with Crippen molar-refractivity contribution in [3.8, 4) is 0 Å². The highest BCUT2D eigenvalue weighted by atomic mass is 35.5. The monoisotopic (exact) mass is 301 g/mol. The highest BCUT2D eigenvalue weighted by Crippen LogP contribution is 2.28. The standard InChI is InChI=1S/C14H17Cl2NO2/c1-4-10(14(18)19-3)5-6-17-13-8-11(15)9(2)7-12(13)16/h5,7-8,17H,4,6H2,1-3H3/b10-5-. The summed E-state index contributed by atoms with van der Waals surface area (Å²) in [4.78, 5) is 11.4. The molecule has 1 aromatic rings. The van der Waals surface area contributed by atoms with Crippen LogP contribution in [0.4, 0.5) is 5.69 Å². The summed E-state index contributed by atoms with van der Waals surface area (Å²) in [6, 6.07) is 3.58. The Kier molecular flexibility index (Phi) is 6.19. The van der Waals surface area contributed by atoms with Crippen LogP contribution in [0.3, 0.4) is 0 Å². The molecule has 3 nitrogen and oxygen atoms in total. The molecule has 0 radical (unpaired) electrons. The third-order valence-electron chi connectivity index (χ3n) is 2.72. The van der Waals surface area contributed by atoms with E-state index in [1.165, 1.54) is 7.11 Å². The lowest BCUT2D eigenvalue weighted by molar-refractivity contribution is -0.136. The van der Waals surface area contributed by atoms with E-state index in [1.807, 2.05) is 13.8 Å². The van der Waals surface area contributed by atoms with Gasteiger partial charge < -0.3 is 10.1 Å². The first-order valence-electron chi connectivity index (χ1n) is 5.96. The number of ether oxygens (including phenoxy) is 1. The smallest absolute Gasteiger partial charge is 0.333 e. The Hall–Kier alpha value is -1.19. The molecule has 0 spiro atoms. The third-order valence-corrected chi connectivity index (χ3v) is 3.44. The summed E-state index contributed by atoms with van der Waals surface area (Å²) in [6.45, 7) is 4.28. The zero-order chi connectivity index (χ0) is 14.4. The van der Waals surface area contributed by atoms with Gasteiger partial charge in [0.1, 0.15) is 0 Å². The molecule has 0 fully saturated rings. The van der Waals surface area contributed by atoms with E-state index in [0.717, 1.165) is 11.3 Å². The molecule has 104 valence electrons. The van der Waals surface area contributed by atoms with Crippen LogP contribution in [0.25, 0.3) is 0 Å². The van der Waals surface area contributed by atoms with Crippen molar-refractivity contribution < 1.29 is 9.53 Å². The summed E-state index contributed by atoms with van der Waals surface area (Å²) in [6.07, 6.45) is 2.41. The number of nitrogens with one attached hydrogen (secondary N) is 1. The molecule has 0 aliphatic heterocycles. The molecule has 0 bridgehead atoms. The van der Waals surface area contributed by atoms with Crippen molar-refractivity contribution in [1.29, 1.82) is 0 Å². The van der Waals surface area contributed by atoms with E-state index in [4.69, 9.17) is 23.2 Å². The number of benzene rings is 1. The van der Waals surface area contributed by atoms with Gasteiger partial charge in [-0.05, 0) is 31.0 Å². The Morgan fingerprint density at radius 2 is 2.05 bits per heavy atom. The minimum atomic E-state index is -0.308. The van der Waals surface area contributed by atoms with Crippen LogP contribution >= 0.6 is 23.2 Å². The van der Waals surface area contributed by atoms with Crippen LogP contribution in [-0.4, -0.2) is 19.6 Å². The number of halogens is 2. The second-order valence-corrected chi connectivity index (χ2v) is 4.85. The lowest BCUT2D eigenvalue weighted by atomic mass is 10.2. The molecule has 19 heavy (non-hydrogen) atoms. The fraction of sp³-hybridized carbons (Fsp3) is 0.357. The van der Waals surface area contributed by atoms with Gasteiger partial charge in [-0.3, -0.25) is 0 Å². The first-order chi connectivity index (χ1) is 8.99. The first-order valence-corrected chi connectivity index (χ1v) is 6.72. The molecule has 0 saturated carbocycles. The molecule has 0 heterocycles. The van der Waals surface area contributed by atoms with Crippen molar-refractivity contribution in [2.24, 2.45) is 0 Å². The largest absolute Gasteiger partial charge is 0.466 e. The predicted octanol–water partition coefficient (Wildman–Crippen LogP) is 4.22. The van der Waals surface area contributed by atoms with Crippen LogP contribution in [0.1, 0.15) is 18.9 Å². The van der Waals surface area contributed by atoms with Crippen molar-refractivity contribution in [2.75, 3.05) is 19.0 Å². The van der Waals surface area contributed by atoms with Crippen molar-refractivity contribution in [1.82, 2.24) is 0 Å². The van der Waals surface area contributed by atoms with E-state index in [9.17, 15) is 4.79 Å². The van der Waals surface area contributed by atoms with Gasteiger partial charge in [0, 0.05) is 17.1 Å². The second kappa shape index (κ2) is 7.41. The summed E-state index contributed by atoms with van der Waals surface area (Å²) >= 11 is 12.1. The van der Waals surface area contributed by atoms with Gasteiger partial charge in [-0.15, -0.1) is 0 Å². The number of carbonyl (C=O) groups excluding carboxylic acids is 1. The van der Waals surface area contributed by atoms with Crippen LogP contribution in [-0.2, 0) is 9.53 Å². The molecule has 0 aliphatic rings. The molecule has 0 atom stereocenters. The summed E-state index contributed by atoms with van der Waals surface area (Å²) < 4.78 is 4.68. The van der Waals surface area contributed by atoms with Gasteiger partial charge in [0.15, 0.2) is 0 Å². The minimum absolute atomic E-state index is 0.308. The number of anilines is 1. The quantitative estimate of drug-likeness (QED) is 0.653. The van der Waals surface area contributed by atoms with Gasteiger partial charge in [-0.1, -0.05) is 36.2 Å². The van der Waals surface area contributed by atoms with E-state index in [0.29, 0.717) is 28.6 Å². The van der Waals surface area contributed by atoms with E-state index >= 15 is 0 Å². The van der Waals surface area contributed by atoms with Gasteiger partial charge >= 0.3 is 5.97 Å². The Labute approximate surface area is 123 Å². The van der Waals surface area contributed by atoms with Gasteiger partial charge in [-0.25, -0.2) is 4.79 Å². The van der Waals surface area contributed by atoms with Crippen molar-refractivity contribution in [3.63, 3.8) is 0 Å². The summed E-state index contributed by atoms with van der Waals surface area (Å²) in [5.41, 5.74) is 2.30. The van der Waals surface area contributed by atoms with E-state index in [2.05, 4.69) is 10.1 Å². The molecule has 1 rings (SSSR count). The average Bonchev–Trinajstić information content (AvgIpc) is 2.39. The SMILES string of the molecule is CC/C(=C/CNc1cc(Cl)c(C)cc1Cl)C(=O)OC. The summed E-state index contributed by atoms with van der Waals surface area (Å²) in [5, 5.41) is 4.38. The molecule has 0 aliphatic carbocycles. The first kappa shape index (κ1) is 15.9. The molecule has 0 aromatic heterocycles. The summed E-state index contributed by atoms with van der Waals surface area (Å²) in [7, 11) is 1.37. The molecule has 0 amide bonds. The van der Waals surface area contributed by atoms with Crippen molar-refractivity contribution >= 4 is 34.9 Å². The Bertz CT molecular complexity index is 498. The number of rotatable bonds is 5. The van der Waals surface area contributed by atoms with Gasteiger partial charge in [-0.2, -0.15) is 0 Å². The van der Waals surface area contributed by atoms with Crippen LogP contribution in [0.5, 0.6) is 0 Å². The number of aryl methyl sites for hydroxylation is 1. The van der Waals surface area contributed by atoms with Gasteiger partial charge in [0.05, 0.1) is 17.8 Å². The maximum absolute atomic E-state index is 11.4. The number of methoxy groups -OCH3 is 1. The Morgan fingerprint density at radius 1 is 1.37 bits per heavy atom. The van der Waals surface area contributed by atoms with E-state index < -0.39 is 0 Å². The number of hydrogen-bond donors (Lipinski definition) is 1. The lowest BCUT2D eigenvalue weighted by Gasteiger charge is -2.09. The molecular formula is C14H17Cl2NO2. The highest BCUT2D eigenvalue weighted by Gasteiger charge is 2.07. The Morgan fingerprint density at radius 3 is 2.63 bits per heavy atom. The maximum Gasteiger partial charge on any atom is 0.333 e. The lowest BCUT2D eigenvalue weighted by Crippen LogP contribution is -2.07. The zero-order valence-electron chi connectivity index (χ0n) is 11.2. The zero-order valence-corrected chi connectivity index (χ0v) is 12.7. The molecule has 0 unspecified atom stereocenters. The minimum Gasteiger partial charge on any atom is -0.466 e. The molecular weight excluding hydrogens is 285 g/mol. The average molecular weight is 302 g/mol. The fourth-order valence-electron chi connectivity index (χ4n) is 1.57. The van der Waals surface area contributed by atoms with Crippen LogP contribution < -0.4 is 5.32 Å². The van der Waals surface area contributed by atoms with Crippen LogP contribution in [0.15, 0.2) is 23.8 Å². The molecule has 0 saturated heterocycles. The number of esters is 1. The predicted molar refractivity (Wildman–Crippen MR) is 80.1 cm³/mol. The van der Waals surface area contributed by atoms with Gasteiger partial charge in [0.2, 0.25) is 0 Å².